The molecule has 0 saturated heterocycles. The van der Waals surface area contributed by atoms with Crippen LogP contribution in [0, 0.1) is 6.57 Å². The van der Waals surface area contributed by atoms with Crippen LogP contribution in [-0.2, 0) is 0 Å². The molecule has 0 bridgehead atoms. The van der Waals surface area contributed by atoms with Gasteiger partial charge in [-0.3, -0.25) is 4.57 Å². The predicted molar refractivity (Wildman–Crippen MR) is 210 cm³/mol. The summed E-state index contributed by atoms with van der Waals surface area (Å²) in [4.78, 5) is 13.9. The zero-order chi connectivity index (χ0) is 34.1. The number of hydrogen-bond donors (Lipinski definition) is 0. The van der Waals surface area contributed by atoms with E-state index in [0.29, 0.717) is 11.5 Å². The Morgan fingerprint density at radius 1 is 0.392 bits per heavy atom. The molecule has 0 N–H and O–H groups in total. The van der Waals surface area contributed by atoms with E-state index in [4.69, 9.17) is 16.5 Å². The van der Waals surface area contributed by atoms with Gasteiger partial charge in [-0.05, 0) is 57.6 Å². The lowest BCUT2D eigenvalue weighted by atomic mass is 10.0. The van der Waals surface area contributed by atoms with E-state index >= 15 is 0 Å². The second-order valence-electron chi connectivity index (χ2n) is 12.6. The van der Waals surface area contributed by atoms with Gasteiger partial charge in [0.25, 0.3) is 0 Å². The third-order valence-electron chi connectivity index (χ3n) is 9.46. The Kier molecular flexibility index (Phi) is 7.50. The highest BCUT2D eigenvalue weighted by Gasteiger charge is 2.18. The summed E-state index contributed by atoms with van der Waals surface area (Å²) in [7, 11) is 0. The van der Waals surface area contributed by atoms with Crippen LogP contribution in [0.15, 0.2) is 182 Å². The van der Waals surface area contributed by atoms with E-state index in [2.05, 4.69) is 149 Å². The van der Waals surface area contributed by atoms with Crippen LogP contribution in [0.25, 0.3) is 88.5 Å². The minimum atomic E-state index is 0.631. The summed E-state index contributed by atoms with van der Waals surface area (Å²) < 4.78 is 2.28. The normalized spacial score (nSPS) is 11.1. The van der Waals surface area contributed by atoms with Gasteiger partial charge in [0, 0.05) is 28.0 Å². The van der Waals surface area contributed by atoms with Crippen molar-refractivity contribution in [3.63, 3.8) is 0 Å². The Hall–Kier alpha value is -7.09. The molecule has 0 spiro atoms. The topological polar surface area (TPSA) is 35.1 Å². The predicted octanol–water partition coefficient (Wildman–Crippen LogP) is 12.5. The van der Waals surface area contributed by atoms with Crippen LogP contribution >= 0.6 is 0 Å². The fourth-order valence-corrected chi connectivity index (χ4v) is 6.87. The molecule has 2 aromatic heterocycles. The Morgan fingerprint density at radius 3 is 1.33 bits per heavy atom. The van der Waals surface area contributed by atoms with Crippen molar-refractivity contribution in [2.75, 3.05) is 0 Å². The standard InChI is InChI=1S/C47H30N4/c1-48-40-25-21-35(22-26-40)34-17-19-37(20-18-34)47-49-43(36-15-9-4-10-16-36)31-46(50-47)51-44-27-23-38(32-11-5-2-6-12-32)29-41(44)42-30-39(24-28-45(42)51)33-13-7-3-8-14-33/h2-31H. The van der Waals surface area contributed by atoms with Gasteiger partial charge >= 0.3 is 0 Å². The Bertz CT molecular complexity index is 2610. The van der Waals surface area contributed by atoms with Crippen molar-refractivity contribution in [3.8, 4) is 61.8 Å². The van der Waals surface area contributed by atoms with Crippen molar-refractivity contribution in [1.29, 1.82) is 0 Å². The number of rotatable bonds is 6. The van der Waals surface area contributed by atoms with Gasteiger partial charge in [0.1, 0.15) is 5.82 Å². The SMILES string of the molecule is [C-]#[N+]c1ccc(-c2ccc(-c3nc(-c4ccccc4)cc(-n4c5ccc(-c6ccccc6)cc5c5cc(-c6ccccc6)ccc54)n3)cc2)cc1. The molecule has 0 aliphatic rings. The fourth-order valence-electron chi connectivity index (χ4n) is 6.87. The van der Waals surface area contributed by atoms with E-state index in [9.17, 15) is 0 Å². The lowest BCUT2D eigenvalue weighted by Gasteiger charge is -2.13. The average Bonchev–Trinajstić information content (AvgIpc) is 3.55. The van der Waals surface area contributed by atoms with Gasteiger partial charge in [-0.1, -0.05) is 152 Å². The minimum Gasteiger partial charge on any atom is -0.294 e. The molecule has 0 unspecified atom stereocenters. The lowest BCUT2D eigenvalue weighted by Crippen LogP contribution is -2.02. The molecule has 0 fully saturated rings. The Labute approximate surface area is 296 Å². The molecular formula is C47H30N4. The monoisotopic (exact) mass is 650 g/mol. The lowest BCUT2D eigenvalue weighted by molar-refractivity contribution is 1.05. The highest BCUT2D eigenvalue weighted by atomic mass is 15.1. The van der Waals surface area contributed by atoms with E-state index in [1.54, 1.807) is 0 Å². The van der Waals surface area contributed by atoms with Crippen LogP contribution < -0.4 is 0 Å². The number of nitrogens with zero attached hydrogens (tertiary/aromatic N) is 4. The number of aromatic nitrogens is 3. The molecule has 7 aromatic carbocycles. The molecule has 0 amide bonds. The van der Waals surface area contributed by atoms with Crippen molar-refractivity contribution < 1.29 is 0 Å². The first-order valence-electron chi connectivity index (χ1n) is 16.9. The van der Waals surface area contributed by atoms with Gasteiger partial charge in [0.15, 0.2) is 11.5 Å². The maximum atomic E-state index is 7.28. The van der Waals surface area contributed by atoms with Crippen molar-refractivity contribution in [2.24, 2.45) is 0 Å². The zero-order valence-electron chi connectivity index (χ0n) is 27.6. The molecule has 4 nitrogen and oxygen atoms in total. The summed E-state index contributed by atoms with van der Waals surface area (Å²) in [6.45, 7) is 7.28. The van der Waals surface area contributed by atoms with Gasteiger partial charge in [-0.15, -0.1) is 0 Å². The van der Waals surface area contributed by atoms with Crippen LogP contribution in [0.5, 0.6) is 0 Å². The molecule has 238 valence electrons. The molecular weight excluding hydrogens is 621 g/mol. The first-order valence-corrected chi connectivity index (χ1v) is 16.9. The highest BCUT2D eigenvalue weighted by Crippen LogP contribution is 2.38. The van der Waals surface area contributed by atoms with Crippen LogP contribution in [0.2, 0.25) is 0 Å². The molecule has 4 heteroatoms. The quantitative estimate of drug-likeness (QED) is 0.168. The van der Waals surface area contributed by atoms with Gasteiger partial charge in [-0.25, -0.2) is 14.8 Å². The van der Waals surface area contributed by atoms with E-state index in [-0.39, 0.29) is 0 Å². The number of hydrogen-bond acceptors (Lipinski definition) is 2. The molecule has 2 heterocycles. The van der Waals surface area contributed by atoms with Crippen molar-refractivity contribution >= 4 is 27.5 Å². The summed E-state index contributed by atoms with van der Waals surface area (Å²) in [6.07, 6.45) is 0. The molecule has 0 atom stereocenters. The molecule has 0 aliphatic carbocycles. The smallest absolute Gasteiger partial charge is 0.187 e. The van der Waals surface area contributed by atoms with E-state index < -0.39 is 0 Å². The molecule has 51 heavy (non-hydrogen) atoms. The van der Waals surface area contributed by atoms with Gasteiger partial charge < -0.3 is 0 Å². The molecule has 9 aromatic rings. The number of benzene rings is 7. The van der Waals surface area contributed by atoms with E-state index in [1.807, 2.05) is 42.5 Å². The Balaban J connectivity index is 1.25. The zero-order valence-corrected chi connectivity index (χ0v) is 27.6. The van der Waals surface area contributed by atoms with E-state index in [1.165, 1.54) is 33.0 Å². The van der Waals surface area contributed by atoms with Crippen LogP contribution in [0.4, 0.5) is 5.69 Å². The fraction of sp³-hybridized carbons (Fsp3) is 0. The second-order valence-corrected chi connectivity index (χ2v) is 12.6. The minimum absolute atomic E-state index is 0.631. The molecule has 0 aliphatic heterocycles. The van der Waals surface area contributed by atoms with E-state index in [0.717, 1.165) is 44.8 Å². The van der Waals surface area contributed by atoms with Gasteiger partial charge in [0.05, 0.1) is 23.3 Å². The van der Waals surface area contributed by atoms with Crippen molar-refractivity contribution in [2.45, 2.75) is 0 Å². The summed E-state index contributed by atoms with van der Waals surface area (Å²) >= 11 is 0. The summed E-state index contributed by atoms with van der Waals surface area (Å²) in [5, 5.41) is 2.33. The van der Waals surface area contributed by atoms with Gasteiger partial charge in [0.2, 0.25) is 0 Å². The maximum absolute atomic E-state index is 7.28. The van der Waals surface area contributed by atoms with Crippen molar-refractivity contribution in [1.82, 2.24) is 14.5 Å². The Morgan fingerprint density at radius 2 is 0.824 bits per heavy atom. The first kappa shape index (κ1) is 30.0. The van der Waals surface area contributed by atoms with Gasteiger partial charge in [-0.2, -0.15) is 0 Å². The largest absolute Gasteiger partial charge is 0.294 e. The third kappa shape index (κ3) is 5.63. The maximum Gasteiger partial charge on any atom is 0.187 e. The molecule has 9 rings (SSSR count). The molecule has 0 saturated carbocycles. The summed E-state index contributed by atoms with van der Waals surface area (Å²) in [6, 6.07) is 63.0. The average molecular weight is 651 g/mol. The summed E-state index contributed by atoms with van der Waals surface area (Å²) in [5.41, 5.74) is 12.4. The van der Waals surface area contributed by atoms with Crippen LogP contribution in [-0.4, -0.2) is 14.5 Å². The first-order chi connectivity index (χ1) is 25.2. The highest BCUT2D eigenvalue weighted by molar-refractivity contribution is 6.11. The summed E-state index contributed by atoms with van der Waals surface area (Å²) in [5.74, 6) is 1.45. The number of fused-ring (bicyclic) bond motifs is 3. The third-order valence-corrected chi connectivity index (χ3v) is 9.46. The van der Waals surface area contributed by atoms with Crippen LogP contribution in [0.1, 0.15) is 0 Å². The molecule has 0 radical (unpaired) electrons. The van der Waals surface area contributed by atoms with Crippen molar-refractivity contribution in [3.05, 3.63) is 193 Å². The van der Waals surface area contributed by atoms with Crippen LogP contribution in [0.3, 0.4) is 0 Å². The second kappa shape index (κ2) is 12.7.